The lowest BCUT2D eigenvalue weighted by Crippen LogP contribution is -2.51. The Kier molecular flexibility index (Phi) is 31.6. The fourth-order valence-corrected chi connectivity index (χ4v) is 15.0. The van der Waals surface area contributed by atoms with E-state index in [-0.39, 0.29) is 46.1 Å². The van der Waals surface area contributed by atoms with Gasteiger partial charge in [-0.25, -0.2) is 60.6 Å². The molecule has 718 valence electrons. The van der Waals surface area contributed by atoms with Gasteiger partial charge in [-0.3, -0.25) is 23.7 Å². The summed E-state index contributed by atoms with van der Waals surface area (Å²) in [6.45, 7) is 11.1. The van der Waals surface area contributed by atoms with Crippen molar-refractivity contribution < 1.29 is 135 Å². The monoisotopic (exact) mass is 1900 g/mol. The summed E-state index contributed by atoms with van der Waals surface area (Å²) in [4.78, 5) is 67.0. The van der Waals surface area contributed by atoms with Crippen molar-refractivity contribution in [1.29, 1.82) is 0 Å². The fourth-order valence-electron chi connectivity index (χ4n) is 14.7. The van der Waals surface area contributed by atoms with Crippen LogP contribution in [0.4, 0.5) is 36.4 Å². The topological polar surface area (TPSA) is 726 Å². The third kappa shape index (κ3) is 19.3. The van der Waals surface area contributed by atoms with Crippen molar-refractivity contribution in [3.63, 3.8) is 0 Å². The van der Waals surface area contributed by atoms with Crippen molar-refractivity contribution in [3.8, 4) is 30.6 Å². The molecular weight excluding hydrogens is 1810 g/mol. The van der Waals surface area contributed by atoms with Crippen LogP contribution in [0.2, 0.25) is 0 Å². The highest BCUT2D eigenvalue weighted by atomic mass is 35.5. The Balaban J connectivity index is 0.000000166. The highest BCUT2D eigenvalue weighted by molar-refractivity contribution is 6.25. The summed E-state index contributed by atoms with van der Waals surface area (Å²) in [5.74, 6) is -1.94. The molecule has 9 aliphatic heterocycles. The van der Waals surface area contributed by atoms with Gasteiger partial charge < -0.3 is 146 Å². The molecule has 1 amide bonds. The minimum Gasteiger partial charge on any atom is -0.476 e. The van der Waals surface area contributed by atoms with Crippen LogP contribution in [0.5, 0.6) is 5.88 Å². The van der Waals surface area contributed by atoms with Crippen molar-refractivity contribution in [2.75, 3.05) is 78.7 Å². The molecular formula is C75H90ClF7N28O22. The number of hydrogen-bond donors (Lipinski definition) is 18. The average molecular weight is 1900 g/mol. The Bertz CT molecular complexity index is 5830. The number of aromatic nitrogens is 10. The molecule has 6 fully saturated rings. The van der Waals surface area contributed by atoms with Gasteiger partial charge in [0.05, 0.1) is 65.3 Å². The number of carbonyl (C=O) groups excluding carboxylic acids is 1. The summed E-state index contributed by atoms with van der Waals surface area (Å²) >= 11 is 6.13. The SMILES string of the molecule is C#C[C@@]1(O)[C@H](O)[C@@H](CO)O[C@H]1n1ccc2c(N)ccnc21.C#C[C@]1(F)[C@H](n2cnc3c(=O)[nH]c(C)nc32)O[C@](F)(CO)[C@H]1O.C=C1N=C(N)C(F)=CN1[C@@H]1O[C@@](CO)(CN=[N+]=[N-])[C@@H](O)[C@H]1F.C=C1NC(=NC)C=CN1[C@@H]1O[C@@](CO)(CN=[N+]=[N-])[C@@H](O)[C@H]1F.C=C1NC(=O)C=CN1[C@@H]1O[C@](F)(CO)[C@@H](O)[C@@]1(C)Cl.CCOc1nc(C)nc2c1ncn2[C@@H]1O[C@@](CO)(CN=[N+]=[N-])[C@@H](O)[C@H]1F. The molecule has 6 aromatic rings. The average Bonchev–Trinajstić information content (AvgIpc) is 1.58. The lowest BCUT2D eigenvalue weighted by molar-refractivity contribution is -0.209. The first-order valence-electron chi connectivity index (χ1n) is 39.0. The first-order chi connectivity index (χ1) is 62.8. The number of rotatable bonds is 20. The van der Waals surface area contributed by atoms with Crippen LogP contribution in [0.15, 0.2) is 141 Å². The molecule has 133 heavy (non-hydrogen) atoms. The molecule has 0 saturated carbocycles. The van der Waals surface area contributed by atoms with Crippen molar-refractivity contribution >= 4 is 68.2 Å². The minimum atomic E-state index is -3.10. The molecule has 0 unspecified atom stereocenters. The quantitative estimate of drug-likeness (QED) is 0.0111. The van der Waals surface area contributed by atoms with Gasteiger partial charge in [-0.15, -0.1) is 24.4 Å². The number of nitrogen functional groups attached to an aromatic ring is 1. The molecule has 15 heterocycles. The number of aromatic amines is 1. The van der Waals surface area contributed by atoms with Gasteiger partial charge in [0.2, 0.25) is 11.5 Å². The maximum atomic E-state index is 14.9. The number of azide groups is 3. The summed E-state index contributed by atoms with van der Waals surface area (Å²) in [6.07, 6.45) is -3.23. The minimum absolute atomic E-state index is 0.0945. The van der Waals surface area contributed by atoms with E-state index in [9.17, 15) is 96.5 Å². The largest absolute Gasteiger partial charge is 0.476 e. The van der Waals surface area contributed by atoms with Crippen LogP contribution in [0, 0.1) is 38.5 Å². The van der Waals surface area contributed by atoms with E-state index in [4.69, 9.17) is 95.9 Å². The number of aliphatic hydroxyl groups excluding tert-OH is 12. The molecule has 20 N–H and O–H groups in total. The molecule has 0 aromatic carbocycles. The van der Waals surface area contributed by atoms with E-state index in [1.54, 1.807) is 51.2 Å². The molecule has 50 nitrogen and oxygen atoms in total. The van der Waals surface area contributed by atoms with Gasteiger partial charge >= 0.3 is 0 Å². The number of aryl methyl sites for hydroxylation is 2. The highest BCUT2D eigenvalue weighted by Crippen LogP contribution is 2.50. The second-order valence-corrected chi connectivity index (χ2v) is 31.2. The van der Waals surface area contributed by atoms with Gasteiger partial charge in [0.1, 0.15) is 112 Å². The Morgan fingerprint density at radius 3 is 1.71 bits per heavy atom. The number of amides is 1. The molecule has 6 aromatic heterocycles. The van der Waals surface area contributed by atoms with Crippen molar-refractivity contribution in [3.05, 3.63) is 164 Å². The van der Waals surface area contributed by atoms with Gasteiger partial charge in [-0.1, -0.05) is 46.9 Å². The van der Waals surface area contributed by atoms with E-state index in [0.717, 1.165) is 22.0 Å². The lowest BCUT2D eigenvalue weighted by atomic mass is 9.95. The molecule has 0 radical (unpaired) electrons. The maximum Gasteiger partial charge on any atom is 0.279 e. The fraction of sp³-hybridized carbons (Fsp3) is 0.520. The molecule has 15 rings (SSSR count). The summed E-state index contributed by atoms with van der Waals surface area (Å²) < 4.78 is 141. The smallest absolute Gasteiger partial charge is 0.279 e. The van der Waals surface area contributed by atoms with E-state index in [2.05, 4.69) is 111 Å². The summed E-state index contributed by atoms with van der Waals surface area (Å²) in [6, 6.07) is 3.37. The lowest BCUT2D eigenvalue weighted by Gasteiger charge is -2.36. The number of anilines is 1. The van der Waals surface area contributed by atoms with Crippen molar-refractivity contribution in [2.45, 2.75) is 171 Å². The third-order valence-corrected chi connectivity index (χ3v) is 22.4. The number of pyridine rings is 1. The number of nitrogens with zero attached hydrogens (tertiary/aromatic N) is 23. The molecule has 0 bridgehead atoms. The standard InChI is InChI=1S/C14H18FN7O4.C14H15N3O4.C13H12F2N4O4.C12H17FN6O3.C11H14ClFN2O4.C11H14F2N6O3/c1-3-25-12-9-11(19-7(2)20-12)22(6-17-9)13-8(15)10(24)14(5-23,26-13)4-18-21-16;1-2-14(20)11(19)10(7-18)21-13(14)17-6-4-8-9(15)3-5-16-12(8)17;1-3-12(14)10(22)13(15,4-20)23-11(12)19-5-16-7-8(19)17-6(2)18-9(7)21;1-7-17-8(15-2)3-4-19(7)11-9(13)10(21)12(6-20,22-11)5-16-18-14;1-6-14-7(17)3-4-15(6)9-10(2,12)8(18)11(13,5-16)19-9;1-5-17-9(14)6(12)2-19(5)10-7(13)8(21)11(4-20,22-10)3-16-18-15/h6,8,10,13,23-24H,3-5H2,1-2H3;1,3-6,10-11,13,18-20H,7H2,(H2,15,16);1,5,10-11,20,22H,4H2,2H3,(H,17,18,21);3-4,9-11,20-21H,1,5-6H2,2H3,(H,15,17);3-4,8-9,16,18H,1,5H2,2H3,(H,14,17);2,7-8,10,20-21H,1,3-4H2,(H2,14,17)/t8-,10+,13-,14-;10-,11-,13-,14-;10-,11+,12+,13+;9-,10+,11-,12-;8-,9+,10+,11+;7-,8+,10-,11-/m110101/s1. The number of nitrogens with one attached hydrogen (secondary N) is 3. The molecule has 9 aliphatic rings. The van der Waals surface area contributed by atoms with Crippen LogP contribution in [-0.4, -0.2) is 345 Å². The zero-order valence-corrected chi connectivity index (χ0v) is 71.1. The van der Waals surface area contributed by atoms with Crippen LogP contribution in [0.1, 0.15) is 44.2 Å². The van der Waals surface area contributed by atoms with Gasteiger partial charge in [0.15, 0.2) is 102 Å². The number of ether oxygens (including phenoxy) is 7. The Morgan fingerprint density at radius 2 is 1.19 bits per heavy atom. The number of fused-ring (bicyclic) bond motifs is 3. The summed E-state index contributed by atoms with van der Waals surface area (Å²) in [7, 11) is 1.58. The van der Waals surface area contributed by atoms with Gasteiger partial charge in [0.25, 0.3) is 23.2 Å². The molecule has 24 atom stereocenters. The normalized spacial score (nSPS) is 34.4. The van der Waals surface area contributed by atoms with Crippen LogP contribution in [0.25, 0.3) is 64.7 Å². The van der Waals surface area contributed by atoms with E-state index in [1.807, 2.05) is 0 Å². The number of imidazole rings is 2. The second kappa shape index (κ2) is 40.9. The van der Waals surface area contributed by atoms with E-state index in [0.29, 0.717) is 46.3 Å². The zero-order chi connectivity index (χ0) is 98.3. The number of hydrogen-bond acceptors (Lipinski definition) is 38. The van der Waals surface area contributed by atoms with Gasteiger partial charge in [-0.05, 0) is 62.5 Å². The van der Waals surface area contributed by atoms with Crippen molar-refractivity contribution in [1.82, 2.24) is 73.9 Å². The molecule has 6 saturated heterocycles. The summed E-state index contributed by atoms with van der Waals surface area (Å²) in [5, 5.41) is 142. The van der Waals surface area contributed by atoms with E-state index in [1.165, 1.54) is 63.8 Å². The van der Waals surface area contributed by atoms with Crippen LogP contribution < -0.4 is 32.4 Å². The van der Waals surface area contributed by atoms with E-state index < -0.39 is 220 Å². The second-order valence-electron chi connectivity index (χ2n) is 30.4. The Hall–Kier alpha value is -12.5. The number of terminal acetylenes is 2. The number of nitrogens with two attached hydrogens (primary N) is 2. The first-order valence-corrected chi connectivity index (χ1v) is 39.4. The van der Waals surface area contributed by atoms with E-state index >= 15 is 0 Å². The highest BCUT2D eigenvalue weighted by Gasteiger charge is 2.68. The zero-order valence-electron chi connectivity index (χ0n) is 70.4. The van der Waals surface area contributed by atoms with Gasteiger partial charge in [-0.2, -0.15) is 4.98 Å². The predicted molar refractivity (Wildman–Crippen MR) is 446 cm³/mol. The molecule has 0 aliphatic carbocycles. The number of carbonyl (C=O) groups is 1. The molecule has 0 spiro atoms. The maximum absolute atomic E-state index is 14.9. The Labute approximate surface area is 750 Å². The third-order valence-electron chi connectivity index (χ3n) is 22.0. The number of aliphatic hydroxyl groups is 13. The Morgan fingerprint density at radius 1 is 0.662 bits per heavy atom. The van der Waals surface area contributed by atoms with Gasteiger partial charge in [0, 0.05) is 69.9 Å². The van der Waals surface area contributed by atoms with Crippen LogP contribution >= 0.6 is 11.6 Å². The number of halogens is 8. The number of amidine groups is 2. The summed E-state index contributed by atoms with van der Waals surface area (Å²) in [5.41, 5.74) is 26.9. The first kappa shape index (κ1) is 103. The van der Waals surface area contributed by atoms with Crippen LogP contribution in [0.3, 0.4) is 0 Å². The molecule has 58 heteroatoms. The number of H-pyrrole nitrogens is 1. The van der Waals surface area contributed by atoms with Crippen molar-refractivity contribution in [2.24, 2.45) is 31.1 Å². The number of aliphatic imine (C=N–C) groups is 2. The van der Waals surface area contributed by atoms with Crippen LogP contribution in [-0.2, 0) is 33.2 Å². The predicted octanol–water partition coefficient (Wildman–Crippen LogP) is -0.831. The number of alkyl halides is 7.